The average molecular weight is 617 g/mol. The van der Waals surface area contributed by atoms with Crippen molar-refractivity contribution in [3.63, 3.8) is 0 Å². The minimum atomic E-state index is -0.611. The summed E-state index contributed by atoms with van der Waals surface area (Å²) in [6.45, 7) is 11.3. The van der Waals surface area contributed by atoms with Gasteiger partial charge in [0.25, 0.3) is 0 Å². The molecule has 0 aliphatic rings. The SMILES string of the molecule is CCCCCCCCOC(C)C(=O)Oc1ccc(-c2ccc(OC(=O)c3cc(C)c(OCCCCCCC)c(C)c3)cc2)cc1. The molecular weight excluding hydrogens is 564 g/mol. The summed E-state index contributed by atoms with van der Waals surface area (Å²) >= 11 is 0. The fourth-order valence-electron chi connectivity index (χ4n) is 5.18. The third-order valence-corrected chi connectivity index (χ3v) is 7.86. The monoisotopic (exact) mass is 616 g/mol. The van der Waals surface area contributed by atoms with Crippen molar-refractivity contribution in [2.75, 3.05) is 13.2 Å². The molecule has 45 heavy (non-hydrogen) atoms. The van der Waals surface area contributed by atoms with Crippen LogP contribution in [0.1, 0.15) is 113 Å². The summed E-state index contributed by atoms with van der Waals surface area (Å²) in [5, 5.41) is 0. The Kier molecular flexibility index (Phi) is 15.7. The van der Waals surface area contributed by atoms with Gasteiger partial charge < -0.3 is 18.9 Å². The Balaban J connectivity index is 1.47. The summed E-state index contributed by atoms with van der Waals surface area (Å²) < 4.78 is 22.9. The molecule has 0 aliphatic heterocycles. The molecule has 0 saturated heterocycles. The Morgan fingerprint density at radius 3 is 1.62 bits per heavy atom. The van der Waals surface area contributed by atoms with Crippen LogP contribution < -0.4 is 14.2 Å². The van der Waals surface area contributed by atoms with Crippen molar-refractivity contribution in [1.82, 2.24) is 0 Å². The third-order valence-electron chi connectivity index (χ3n) is 7.86. The smallest absolute Gasteiger partial charge is 0.343 e. The second-order valence-electron chi connectivity index (χ2n) is 11.8. The van der Waals surface area contributed by atoms with Crippen LogP contribution in [0, 0.1) is 13.8 Å². The van der Waals surface area contributed by atoms with Gasteiger partial charge in [0.2, 0.25) is 0 Å². The molecule has 0 fully saturated rings. The van der Waals surface area contributed by atoms with Gasteiger partial charge >= 0.3 is 11.9 Å². The second kappa shape index (κ2) is 19.7. The predicted molar refractivity (Wildman–Crippen MR) is 181 cm³/mol. The summed E-state index contributed by atoms with van der Waals surface area (Å²) in [5.74, 6) is 0.977. The molecule has 0 spiro atoms. The Morgan fingerprint density at radius 2 is 1.09 bits per heavy atom. The van der Waals surface area contributed by atoms with Gasteiger partial charge in [0, 0.05) is 6.61 Å². The molecule has 0 saturated carbocycles. The van der Waals surface area contributed by atoms with Crippen molar-refractivity contribution in [1.29, 1.82) is 0 Å². The van der Waals surface area contributed by atoms with E-state index >= 15 is 0 Å². The van der Waals surface area contributed by atoms with Gasteiger partial charge in [0.05, 0.1) is 12.2 Å². The number of hydrogen-bond donors (Lipinski definition) is 0. The fraction of sp³-hybridized carbons (Fsp3) is 0.487. The molecule has 0 aliphatic carbocycles. The second-order valence-corrected chi connectivity index (χ2v) is 11.8. The molecule has 1 atom stereocenters. The first kappa shape index (κ1) is 35.8. The van der Waals surface area contributed by atoms with Crippen molar-refractivity contribution >= 4 is 11.9 Å². The van der Waals surface area contributed by atoms with E-state index in [0.717, 1.165) is 47.3 Å². The van der Waals surface area contributed by atoms with E-state index < -0.39 is 18.0 Å². The fourth-order valence-corrected chi connectivity index (χ4v) is 5.18. The number of rotatable bonds is 20. The number of benzene rings is 3. The van der Waals surface area contributed by atoms with Crippen molar-refractivity contribution in [2.45, 2.75) is 111 Å². The van der Waals surface area contributed by atoms with Crippen LogP contribution in [0.15, 0.2) is 60.7 Å². The quantitative estimate of drug-likeness (QED) is 0.0715. The van der Waals surface area contributed by atoms with E-state index in [4.69, 9.17) is 18.9 Å². The zero-order chi connectivity index (χ0) is 32.4. The van der Waals surface area contributed by atoms with Crippen LogP contribution in [0.25, 0.3) is 11.1 Å². The summed E-state index contributed by atoms with van der Waals surface area (Å²) in [4.78, 5) is 25.4. The van der Waals surface area contributed by atoms with E-state index in [-0.39, 0.29) is 0 Å². The number of hydrogen-bond acceptors (Lipinski definition) is 6. The van der Waals surface area contributed by atoms with Gasteiger partial charge in [-0.2, -0.15) is 0 Å². The molecule has 0 amide bonds. The number of ether oxygens (including phenoxy) is 4. The standard InChI is InChI=1S/C39H52O6/c1-6-8-10-12-14-15-25-42-31(5)38(40)44-35-21-17-32(18-22-35)33-19-23-36(24-20-33)45-39(41)34-27-29(3)37(30(4)28-34)43-26-16-13-11-9-7-2/h17-24,27-28,31H,6-16,25-26H2,1-5H3. The van der Waals surface area contributed by atoms with E-state index in [0.29, 0.717) is 30.3 Å². The molecule has 0 N–H and O–H groups in total. The maximum Gasteiger partial charge on any atom is 0.343 e. The van der Waals surface area contributed by atoms with E-state index in [1.807, 2.05) is 50.2 Å². The van der Waals surface area contributed by atoms with Crippen LogP contribution >= 0.6 is 0 Å². The van der Waals surface area contributed by atoms with Crippen LogP contribution in [0.4, 0.5) is 0 Å². The Bertz CT molecular complexity index is 1290. The normalized spacial score (nSPS) is 11.7. The van der Waals surface area contributed by atoms with Gasteiger partial charge in [0.1, 0.15) is 17.2 Å². The van der Waals surface area contributed by atoms with Crippen molar-refractivity contribution in [3.05, 3.63) is 77.4 Å². The lowest BCUT2D eigenvalue weighted by atomic mass is 10.1. The van der Waals surface area contributed by atoms with Crippen LogP contribution in [0.3, 0.4) is 0 Å². The summed E-state index contributed by atoms with van der Waals surface area (Å²) in [6, 6.07) is 18.3. The number of esters is 2. The highest BCUT2D eigenvalue weighted by atomic mass is 16.6. The van der Waals surface area contributed by atoms with E-state index in [9.17, 15) is 9.59 Å². The molecule has 6 heteroatoms. The first-order valence-corrected chi connectivity index (χ1v) is 16.8. The van der Waals surface area contributed by atoms with Gasteiger partial charge in [-0.3, -0.25) is 0 Å². The summed E-state index contributed by atoms with van der Waals surface area (Å²) in [7, 11) is 0. The Labute approximate surface area is 270 Å². The molecule has 0 bridgehead atoms. The number of carbonyl (C=O) groups is 2. The predicted octanol–water partition coefficient (Wildman–Crippen LogP) is 10.2. The van der Waals surface area contributed by atoms with Gasteiger partial charge in [0.15, 0.2) is 6.10 Å². The highest BCUT2D eigenvalue weighted by Gasteiger charge is 2.17. The van der Waals surface area contributed by atoms with Gasteiger partial charge in [-0.05, 0) is 92.3 Å². The largest absolute Gasteiger partial charge is 0.493 e. The minimum Gasteiger partial charge on any atom is -0.493 e. The first-order valence-electron chi connectivity index (χ1n) is 16.8. The van der Waals surface area contributed by atoms with Crippen molar-refractivity contribution in [3.8, 4) is 28.4 Å². The first-order chi connectivity index (χ1) is 21.8. The maximum absolute atomic E-state index is 12.9. The molecular formula is C39H52O6. The van der Waals surface area contributed by atoms with Crippen LogP contribution in [-0.4, -0.2) is 31.3 Å². The zero-order valence-electron chi connectivity index (χ0n) is 28.0. The molecule has 3 aromatic carbocycles. The van der Waals surface area contributed by atoms with Gasteiger partial charge in [-0.1, -0.05) is 95.9 Å². The van der Waals surface area contributed by atoms with E-state index in [1.54, 1.807) is 31.2 Å². The highest BCUT2D eigenvalue weighted by Crippen LogP contribution is 2.28. The molecule has 0 aromatic heterocycles. The minimum absolute atomic E-state index is 0.398. The lowest BCUT2D eigenvalue weighted by Gasteiger charge is -2.14. The van der Waals surface area contributed by atoms with Gasteiger partial charge in [-0.15, -0.1) is 0 Å². The van der Waals surface area contributed by atoms with Crippen LogP contribution in [0.2, 0.25) is 0 Å². The lowest BCUT2D eigenvalue weighted by Crippen LogP contribution is -2.26. The zero-order valence-corrected chi connectivity index (χ0v) is 28.0. The number of carbonyl (C=O) groups excluding carboxylic acids is 2. The maximum atomic E-state index is 12.9. The van der Waals surface area contributed by atoms with Crippen LogP contribution in [0.5, 0.6) is 17.2 Å². The topological polar surface area (TPSA) is 71.1 Å². The van der Waals surface area contributed by atoms with Crippen molar-refractivity contribution in [2.24, 2.45) is 0 Å². The highest BCUT2D eigenvalue weighted by molar-refractivity contribution is 5.92. The van der Waals surface area contributed by atoms with Gasteiger partial charge in [-0.25, -0.2) is 9.59 Å². The third kappa shape index (κ3) is 12.3. The molecule has 3 rings (SSSR count). The van der Waals surface area contributed by atoms with E-state index in [2.05, 4.69) is 13.8 Å². The average Bonchev–Trinajstić information content (AvgIpc) is 3.03. The summed E-state index contributed by atoms with van der Waals surface area (Å²) in [6.07, 6.45) is 12.4. The molecule has 1 unspecified atom stereocenters. The molecule has 3 aromatic rings. The molecule has 6 nitrogen and oxygen atoms in total. The Hall–Kier alpha value is -3.64. The number of aryl methyl sites for hydroxylation is 2. The summed E-state index contributed by atoms with van der Waals surface area (Å²) in [5.41, 5.74) is 4.25. The molecule has 0 radical (unpaired) electrons. The Morgan fingerprint density at radius 1 is 0.622 bits per heavy atom. The lowest BCUT2D eigenvalue weighted by molar-refractivity contribution is -0.146. The van der Waals surface area contributed by atoms with Crippen LogP contribution in [-0.2, 0) is 9.53 Å². The molecule has 244 valence electrons. The van der Waals surface area contributed by atoms with Crippen molar-refractivity contribution < 1.29 is 28.5 Å². The molecule has 0 heterocycles. The van der Waals surface area contributed by atoms with E-state index in [1.165, 1.54) is 51.4 Å². The number of unbranched alkanes of at least 4 members (excludes halogenated alkanes) is 9.